The average molecular weight is 506 g/mol. The van der Waals surface area contributed by atoms with E-state index in [0.29, 0.717) is 15.2 Å². The van der Waals surface area contributed by atoms with Gasteiger partial charge in [0.2, 0.25) is 9.70 Å². The Bertz CT molecular complexity index is 828. The Labute approximate surface area is 172 Å². The molecular weight excluding hydrogens is 493 g/mol. The highest BCUT2D eigenvalue weighted by Gasteiger charge is 2.33. The van der Waals surface area contributed by atoms with Gasteiger partial charge in [0.05, 0.1) is 10.9 Å². The standard InChI is InChI=1S/C16H13ClIN3O2S2/c1-21(14(23)12(13(18)22)9-5-3-2-4-6-9)16-20-10(8-24-16)11-7-19-15(17)25-11/h2-7,10,12H,8H2,1H3/t10-,12?/m1/s1. The lowest BCUT2D eigenvalue weighted by molar-refractivity contribution is -0.130. The summed E-state index contributed by atoms with van der Waals surface area (Å²) in [6.07, 6.45) is 1.72. The van der Waals surface area contributed by atoms with Gasteiger partial charge in [0.1, 0.15) is 5.92 Å². The minimum Gasteiger partial charge on any atom is -0.294 e. The molecule has 1 aromatic heterocycles. The minimum atomic E-state index is -0.827. The number of carbonyl (C=O) groups is 2. The smallest absolute Gasteiger partial charge is 0.244 e. The molecule has 1 aromatic carbocycles. The van der Waals surface area contributed by atoms with Gasteiger partial charge in [-0.3, -0.25) is 19.5 Å². The molecule has 0 N–H and O–H groups in total. The van der Waals surface area contributed by atoms with Crippen LogP contribution in [0.15, 0.2) is 41.5 Å². The van der Waals surface area contributed by atoms with E-state index in [1.165, 1.54) is 28.0 Å². The average Bonchev–Trinajstić information content (AvgIpc) is 3.23. The summed E-state index contributed by atoms with van der Waals surface area (Å²) >= 11 is 10.4. The molecule has 0 saturated carbocycles. The molecule has 2 aromatic rings. The Morgan fingerprint density at radius 2 is 2.08 bits per heavy atom. The predicted molar refractivity (Wildman–Crippen MR) is 111 cm³/mol. The fourth-order valence-electron chi connectivity index (χ4n) is 2.41. The Morgan fingerprint density at radius 3 is 2.68 bits per heavy atom. The van der Waals surface area contributed by atoms with E-state index < -0.39 is 5.92 Å². The molecule has 0 bridgehead atoms. The first-order chi connectivity index (χ1) is 12.0. The van der Waals surface area contributed by atoms with Gasteiger partial charge < -0.3 is 0 Å². The van der Waals surface area contributed by atoms with Crippen LogP contribution in [-0.4, -0.2) is 37.5 Å². The molecule has 1 unspecified atom stereocenters. The summed E-state index contributed by atoms with van der Waals surface area (Å²) < 4.78 is 0.266. The first kappa shape index (κ1) is 18.8. The van der Waals surface area contributed by atoms with Crippen molar-refractivity contribution in [1.82, 2.24) is 9.88 Å². The molecule has 1 aliphatic rings. The van der Waals surface area contributed by atoms with E-state index >= 15 is 0 Å². The van der Waals surface area contributed by atoms with Gasteiger partial charge in [0, 0.05) is 41.6 Å². The molecular formula is C16H13ClIN3O2S2. The van der Waals surface area contributed by atoms with Crippen LogP contribution in [0.3, 0.4) is 0 Å². The number of aliphatic imine (C=N–C) groups is 1. The maximum Gasteiger partial charge on any atom is 0.244 e. The summed E-state index contributed by atoms with van der Waals surface area (Å²) in [6, 6.07) is 9.01. The predicted octanol–water partition coefficient (Wildman–Crippen LogP) is 4.14. The summed E-state index contributed by atoms with van der Waals surface area (Å²) in [5.41, 5.74) is 0.688. The molecule has 1 amide bonds. The number of likely N-dealkylation sites (N-methyl/N-ethyl adjacent to an activating group) is 1. The third kappa shape index (κ3) is 4.24. The van der Waals surface area contributed by atoms with Crippen molar-refractivity contribution in [1.29, 1.82) is 0 Å². The number of halogens is 2. The highest BCUT2D eigenvalue weighted by molar-refractivity contribution is 14.1. The van der Waals surface area contributed by atoms with Gasteiger partial charge in [-0.05, 0) is 5.56 Å². The van der Waals surface area contributed by atoms with Crippen LogP contribution >= 0.6 is 57.3 Å². The molecule has 2 heterocycles. The van der Waals surface area contributed by atoms with Crippen molar-refractivity contribution >= 4 is 72.2 Å². The molecule has 25 heavy (non-hydrogen) atoms. The van der Waals surface area contributed by atoms with Gasteiger partial charge in [-0.2, -0.15) is 0 Å². The SMILES string of the molecule is CN(C(=O)C(C(=O)I)c1ccccc1)C1=N[C@@H](c2cnc(Cl)s2)CS1. The molecule has 0 spiro atoms. The van der Waals surface area contributed by atoms with Crippen molar-refractivity contribution < 1.29 is 9.59 Å². The fraction of sp³-hybridized carbons (Fsp3) is 0.250. The van der Waals surface area contributed by atoms with Gasteiger partial charge in [-0.1, -0.05) is 53.7 Å². The summed E-state index contributed by atoms with van der Waals surface area (Å²) in [5, 5.41) is 0.609. The molecule has 9 heteroatoms. The number of rotatable bonds is 4. The zero-order valence-corrected chi connectivity index (χ0v) is 17.6. The first-order valence-electron chi connectivity index (χ1n) is 7.31. The van der Waals surface area contributed by atoms with E-state index in [1.54, 1.807) is 48.0 Å². The minimum absolute atomic E-state index is 0.0641. The molecule has 5 nitrogen and oxygen atoms in total. The van der Waals surface area contributed by atoms with Gasteiger partial charge in [-0.15, -0.1) is 11.3 Å². The fourth-order valence-corrected chi connectivity index (χ4v) is 5.18. The number of carbonyl (C=O) groups excluding carboxylic acids is 2. The van der Waals surface area contributed by atoms with E-state index in [0.717, 1.165) is 10.6 Å². The second kappa shape index (κ2) is 8.15. The normalized spacial score (nSPS) is 17.9. The maximum atomic E-state index is 12.9. The lowest BCUT2D eigenvalue weighted by Gasteiger charge is -2.21. The van der Waals surface area contributed by atoms with E-state index in [9.17, 15) is 9.59 Å². The topological polar surface area (TPSA) is 62.6 Å². The summed E-state index contributed by atoms with van der Waals surface area (Å²) in [7, 11) is 1.66. The van der Waals surface area contributed by atoms with Crippen molar-refractivity contribution in [3.8, 4) is 0 Å². The lowest BCUT2D eigenvalue weighted by atomic mass is 9.99. The van der Waals surface area contributed by atoms with Gasteiger partial charge in [0.25, 0.3) is 0 Å². The number of hydrogen-bond donors (Lipinski definition) is 0. The van der Waals surface area contributed by atoms with E-state index in [2.05, 4.69) is 9.98 Å². The monoisotopic (exact) mass is 505 g/mol. The number of hydrogen-bond acceptors (Lipinski definition) is 6. The van der Waals surface area contributed by atoms with Crippen LogP contribution in [0.25, 0.3) is 0 Å². The Balaban J connectivity index is 1.80. The number of benzene rings is 1. The number of nitrogens with zero attached hydrogens (tertiary/aromatic N) is 3. The molecule has 0 aliphatic carbocycles. The number of aromatic nitrogens is 1. The number of amides is 1. The number of thiazole rings is 1. The molecule has 0 saturated heterocycles. The second-order valence-corrected chi connectivity index (χ2v) is 8.99. The molecule has 3 rings (SSSR count). The number of thioether (sulfide) groups is 1. The Kier molecular flexibility index (Phi) is 6.13. The molecule has 0 radical (unpaired) electrons. The molecule has 2 atom stereocenters. The summed E-state index contributed by atoms with van der Waals surface area (Å²) in [4.78, 5) is 36.1. The van der Waals surface area contributed by atoms with Gasteiger partial charge in [-0.25, -0.2) is 4.98 Å². The summed E-state index contributed by atoms with van der Waals surface area (Å²) in [6.45, 7) is 0. The van der Waals surface area contributed by atoms with Gasteiger partial charge in [0.15, 0.2) is 9.63 Å². The Hall–Kier alpha value is -0.970. The van der Waals surface area contributed by atoms with Crippen LogP contribution in [0.4, 0.5) is 0 Å². The van der Waals surface area contributed by atoms with Crippen LogP contribution in [0.2, 0.25) is 4.47 Å². The third-order valence-electron chi connectivity index (χ3n) is 3.68. The highest BCUT2D eigenvalue weighted by atomic mass is 127. The van der Waals surface area contributed by atoms with Crippen LogP contribution in [0.5, 0.6) is 0 Å². The Morgan fingerprint density at radius 1 is 1.36 bits per heavy atom. The molecule has 130 valence electrons. The van der Waals surface area contributed by atoms with Crippen LogP contribution in [-0.2, 0) is 9.59 Å². The van der Waals surface area contributed by atoms with Crippen LogP contribution in [0, 0.1) is 0 Å². The van der Waals surface area contributed by atoms with Crippen molar-refractivity contribution in [2.45, 2.75) is 12.0 Å². The van der Waals surface area contributed by atoms with Crippen molar-refractivity contribution in [3.05, 3.63) is 51.4 Å². The third-order valence-corrected chi connectivity index (χ3v) is 6.64. The molecule has 0 fully saturated rings. The first-order valence-corrected chi connectivity index (χ1v) is 10.6. The zero-order chi connectivity index (χ0) is 18.0. The zero-order valence-electron chi connectivity index (χ0n) is 13.1. The van der Waals surface area contributed by atoms with Crippen LogP contribution in [0.1, 0.15) is 22.4 Å². The maximum absolute atomic E-state index is 12.9. The lowest BCUT2D eigenvalue weighted by Crippen LogP contribution is -2.36. The number of amidine groups is 1. The van der Waals surface area contributed by atoms with Crippen molar-refractivity contribution in [2.24, 2.45) is 4.99 Å². The highest BCUT2D eigenvalue weighted by Crippen LogP contribution is 2.36. The second-order valence-electron chi connectivity index (χ2n) is 5.30. The van der Waals surface area contributed by atoms with Gasteiger partial charge >= 0.3 is 0 Å². The largest absolute Gasteiger partial charge is 0.294 e. The summed E-state index contributed by atoms with van der Waals surface area (Å²) in [5.74, 6) is -0.383. The van der Waals surface area contributed by atoms with E-state index in [-0.39, 0.29) is 15.7 Å². The van der Waals surface area contributed by atoms with Crippen molar-refractivity contribution in [2.75, 3.05) is 12.8 Å². The van der Waals surface area contributed by atoms with Crippen LogP contribution < -0.4 is 0 Å². The van der Waals surface area contributed by atoms with E-state index in [1.807, 2.05) is 18.2 Å². The molecule has 1 aliphatic heterocycles. The quantitative estimate of drug-likeness (QED) is 0.356. The van der Waals surface area contributed by atoms with Crippen molar-refractivity contribution in [3.63, 3.8) is 0 Å². The van der Waals surface area contributed by atoms with E-state index in [4.69, 9.17) is 11.6 Å².